The van der Waals surface area contributed by atoms with Crippen molar-refractivity contribution in [1.29, 1.82) is 0 Å². The summed E-state index contributed by atoms with van der Waals surface area (Å²) in [6, 6.07) is 21.8. The second-order valence-electron chi connectivity index (χ2n) is 7.54. The molecule has 2 heteroatoms. The summed E-state index contributed by atoms with van der Waals surface area (Å²) in [5.74, 6) is 1.21. The van der Waals surface area contributed by atoms with E-state index >= 15 is 0 Å². The lowest BCUT2D eigenvalue weighted by atomic mass is 9.78. The Hall–Kier alpha value is -2.09. The van der Waals surface area contributed by atoms with Crippen LogP contribution in [0.4, 0.5) is 5.69 Å². The van der Waals surface area contributed by atoms with Gasteiger partial charge in [0.25, 0.3) is 0 Å². The van der Waals surface area contributed by atoms with Gasteiger partial charge in [0.05, 0.1) is 17.4 Å². The Bertz CT molecular complexity index is 718. The Morgan fingerprint density at radius 3 is 2.22 bits per heavy atom. The van der Waals surface area contributed by atoms with Crippen LogP contribution in [0, 0.1) is 17.3 Å². The molecule has 1 fully saturated rings. The summed E-state index contributed by atoms with van der Waals surface area (Å²) in [6.07, 6.45) is 1.22. The van der Waals surface area contributed by atoms with E-state index < -0.39 is 0 Å². The van der Waals surface area contributed by atoms with E-state index in [1.54, 1.807) is 0 Å². The Labute approximate surface area is 138 Å². The molecule has 0 amide bonds. The highest BCUT2D eigenvalue weighted by Crippen LogP contribution is 2.53. The molecule has 1 unspecified atom stereocenters. The molecule has 2 nitrogen and oxygen atoms in total. The molecule has 3 atom stereocenters. The van der Waals surface area contributed by atoms with Gasteiger partial charge >= 0.3 is 0 Å². The summed E-state index contributed by atoms with van der Waals surface area (Å²) < 4.78 is 0. The fourth-order valence-electron chi connectivity index (χ4n) is 4.30. The van der Waals surface area contributed by atoms with E-state index in [1.165, 1.54) is 23.4 Å². The van der Waals surface area contributed by atoms with Crippen LogP contribution in [0.3, 0.4) is 0 Å². The zero-order valence-corrected chi connectivity index (χ0v) is 14.1. The molecule has 0 aromatic heterocycles. The van der Waals surface area contributed by atoms with E-state index in [9.17, 15) is 0 Å². The van der Waals surface area contributed by atoms with Crippen LogP contribution in [-0.4, -0.2) is 11.8 Å². The molecular weight excluding hydrogens is 280 g/mol. The average Bonchev–Trinajstić information content (AvgIpc) is 3.06. The number of hydrazone groups is 1. The molecule has 0 spiro atoms. The normalized spacial score (nSPS) is 28.6. The summed E-state index contributed by atoms with van der Waals surface area (Å²) in [5, 5.41) is 7.38. The third kappa shape index (κ3) is 2.20. The minimum absolute atomic E-state index is 0.251. The van der Waals surface area contributed by atoms with Crippen molar-refractivity contribution in [3.8, 4) is 0 Å². The average molecular weight is 304 g/mol. The number of hydrogen-bond donors (Lipinski definition) is 0. The number of fused-ring (bicyclic) bond motifs is 1. The predicted octanol–water partition coefficient (Wildman–Crippen LogP) is 4.96. The Morgan fingerprint density at radius 2 is 1.57 bits per heavy atom. The van der Waals surface area contributed by atoms with Gasteiger partial charge in [-0.25, -0.2) is 0 Å². The van der Waals surface area contributed by atoms with E-state index in [-0.39, 0.29) is 5.41 Å². The van der Waals surface area contributed by atoms with Crippen LogP contribution >= 0.6 is 0 Å². The second kappa shape index (κ2) is 5.23. The van der Waals surface area contributed by atoms with Gasteiger partial charge in [0, 0.05) is 5.92 Å². The molecule has 118 valence electrons. The Balaban J connectivity index is 1.82. The fourth-order valence-corrected chi connectivity index (χ4v) is 4.30. The van der Waals surface area contributed by atoms with Crippen LogP contribution in [0.5, 0.6) is 0 Å². The molecule has 0 bridgehead atoms. The minimum Gasteiger partial charge on any atom is -0.261 e. The van der Waals surface area contributed by atoms with Gasteiger partial charge in [-0.2, -0.15) is 5.10 Å². The molecule has 0 N–H and O–H groups in total. The first-order chi connectivity index (χ1) is 11.1. The van der Waals surface area contributed by atoms with Crippen molar-refractivity contribution in [3.63, 3.8) is 0 Å². The van der Waals surface area contributed by atoms with Gasteiger partial charge in [0.15, 0.2) is 0 Å². The first kappa shape index (κ1) is 14.5. The molecule has 4 rings (SSSR count). The Morgan fingerprint density at radius 1 is 0.957 bits per heavy atom. The molecular formula is C21H24N2. The lowest BCUT2D eigenvalue weighted by Crippen LogP contribution is -2.41. The van der Waals surface area contributed by atoms with E-state index in [0.29, 0.717) is 17.9 Å². The number of rotatable bonds is 2. The second-order valence-corrected chi connectivity index (χ2v) is 7.54. The molecule has 1 aliphatic heterocycles. The van der Waals surface area contributed by atoms with Crippen molar-refractivity contribution in [3.05, 3.63) is 66.2 Å². The summed E-state index contributed by atoms with van der Waals surface area (Å²) in [6.45, 7) is 7.20. The molecule has 2 aromatic carbocycles. The standard InChI is InChI=1S/C21H24N2/c1-15-14-18-19(16-10-6-4-7-11-16)22-23(20(18)21(15,2)3)17-12-8-5-9-13-17/h4-13,15,18,20H,14H2,1-3H3/t15?,18-,20+/m0/s1. The van der Waals surface area contributed by atoms with E-state index in [0.717, 1.165) is 0 Å². The topological polar surface area (TPSA) is 15.6 Å². The maximum absolute atomic E-state index is 5.09. The predicted molar refractivity (Wildman–Crippen MR) is 96.7 cm³/mol. The van der Waals surface area contributed by atoms with E-state index in [1.807, 2.05) is 0 Å². The smallest absolute Gasteiger partial charge is 0.0734 e. The van der Waals surface area contributed by atoms with Crippen molar-refractivity contribution in [1.82, 2.24) is 0 Å². The number of benzene rings is 2. The highest BCUT2D eigenvalue weighted by Gasteiger charge is 2.55. The van der Waals surface area contributed by atoms with Crippen molar-refractivity contribution >= 4 is 11.4 Å². The van der Waals surface area contributed by atoms with Crippen LogP contribution in [0.15, 0.2) is 65.8 Å². The highest BCUT2D eigenvalue weighted by molar-refractivity contribution is 6.05. The van der Waals surface area contributed by atoms with Crippen molar-refractivity contribution in [2.24, 2.45) is 22.4 Å². The molecule has 0 saturated heterocycles. The summed E-state index contributed by atoms with van der Waals surface area (Å²) in [4.78, 5) is 0. The summed E-state index contributed by atoms with van der Waals surface area (Å²) >= 11 is 0. The lowest BCUT2D eigenvalue weighted by Gasteiger charge is -2.36. The highest BCUT2D eigenvalue weighted by atomic mass is 15.5. The van der Waals surface area contributed by atoms with E-state index in [4.69, 9.17) is 5.10 Å². The number of hydrogen-bond acceptors (Lipinski definition) is 2. The quantitative estimate of drug-likeness (QED) is 0.765. The zero-order chi connectivity index (χ0) is 16.0. The SMILES string of the molecule is CC1C[C@H]2C(c3ccccc3)=NN(c3ccccc3)[C@H]2C1(C)C. The summed E-state index contributed by atoms with van der Waals surface area (Å²) in [5.41, 5.74) is 3.99. The van der Waals surface area contributed by atoms with Crippen molar-refractivity contribution < 1.29 is 0 Å². The first-order valence-electron chi connectivity index (χ1n) is 8.57. The van der Waals surface area contributed by atoms with Crippen molar-refractivity contribution in [2.75, 3.05) is 5.01 Å². The van der Waals surface area contributed by atoms with Gasteiger partial charge in [-0.05, 0) is 35.4 Å². The Kier molecular flexibility index (Phi) is 3.29. The van der Waals surface area contributed by atoms with Crippen molar-refractivity contribution in [2.45, 2.75) is 33.2 Å². The molecule has 2 aromatic rings. The first-order valence-corrected chi connectivity index (χ1v) is 8.57. The lowest BCUT2D eigenvalue weighted by molar-refractivity contribution is 0.242. The van der Waals surface area contributed by atoms with E-state index in [2.05, 4.69) is 86.4 Å². The molecule has 1 aliphatic carbocycles. The maximum Gasteiger partial charge on any atom is 0.0734 e. The van der Waals surface area contributed by atoms with Gasteiger partial charge < -0.3 is 0 Å². The largest absolute Gasteiger partial charge is 0.261 e. The van der Waals surface area contributed by atoms with Crippen LogP contribution in [0.25, 0.3) is 0 Å². The van der Waals surface area contributed by atoms with Crippen LogP contribution in [0.1, 0.15) is 32.8 Å². The van der Waals surface area contributed by atoms with Gasteiger partial charge in [-0.15, -0.1) is 0 Å². The van der Waals surface area contributed by atoms with Gasteiger partial charge in [0.2, 0.25) is 0 Å². The molecule has 23 heavy (non-hydrogen) atoms. The maximum atomic E-state index is 5.09. The van der Waals surface area contributed by atoms with Crippen LogP contribution < -0.4 is 5.01 Å². The molecule has 1 saturated carbocycles. The van der Waals surface area contributed by atoms with Crippen LogP contribution in [-0.2, 0) is 0 Å². The number of para-hydroxylation sites is 1. The van der Waals surface area contributed by atoms with Gasteiger partial charge in [0.1, 0.15) is 0 Å². The third-order valence-corrected chi connectivity index (χ3v) is 5.94. The van der Waals surface area contributed by atoms with Gasteiger partial charge in [-0.3, -0.25) is 5.01 Å². The molecule has 1 heterocycles. The number of nitrogens with zero attached hydrogens (tertiary/aromatic N) is 2. The minimum atomic E-state index is 0.251. The monoisotopic (exact) mass is 304 g/mol. The number of anilines is 1. The third-order valence-electron chi connectivity index (χ3n) is 5.94. The molecule has 0 radical (unpaired) electrons. The van der Waals surface area contributed by atoms with Gasteiger partial charge in [-0.1, -0.05) is 69.3 Å². The summed E-state index contributed by atoms with van der Waals surface area (Å²) in [7, 11) is 0. The zero-order valence-electron chi connectivity index (χ0n) is 14.1. The molecule has 2 aliphatic rings. The fraction of sp³-hybridized carbons (Fsp3) is 0.381. The van der Waals surface area contributed by atoms with Crippen LogP contribution in [0.2, 0.25) is 0 Å².